The molecule has 2 rings (SSSR count). The van der Waals surface area contributed by atoms with Gasteiger partial charge in [-0.15, -0.1) is 11.8 Å². The molecule has 1 atom stereocenters. The highest BCUT2D eigenvalue weighted by Gasteiger charge is 2.13. The second-order valence-corrected chi connectivity index (χ2v) is 5.69. The van der Waals surface area contributed by atoms with Crippen LogP contribution in [0.4, 0.5) is 0 Å². The molecule has 1 heterocycles. The first-order chi connectivity index (χ1) is 9.06. The third-order valence-electron chi connectivity index (χ3n) is 2.47. The van der Waals surface area contributed by atoms with Crippen molar-refractivity contribution >= 4 is 29.3 Å². The molecule has 0 radical (unpaired) electrons. The smallest absolute Gasteiger partial charge is 0.316 e. The van der Waals surface area contributed by atoms with Crippen LogP contribution in [0.3, 0.4) is 0 Å². The summed E-state index contributed by atoms with van der Waals surface area (Å²) >= 11 is 7.18. The number of thioether (sulfide) groups is 1. The number of halogens is 1. The van der Waals surface area contributed by atoms with Crippen LogP contribution in [0.1, 0.15) is 12.8 Å². The van der Waals surface area contributed by atoms with Crippen LogP contribution in [0.25, 0.3) is 11.3 Å². The monoisotopic (exact) mass is 297 g/mol. The molecular weight excluding hydrogens is 286 g/mol. The number of carbonyl (C=O) groups is 1. The Morgan fingerprint density at radius 2 is 2.37 bits per heavy atom. The maximum atomic E-state index is 10.7. The molecule has 0 saturated heterocycles. The molecule has 1 aromatic carbocycles. The third kappa shape index (κ3) is 3.75. The summed E-state index contributed by atoms with van der Waals surface area (Å²) in [6.45, 7) is 1.63. The summed E-state index contributed by atoms with van der Waals surface area (Å²) in [6, 6.07) is 7.29. The molecular formula is C13H12ClNO3S. The molecule has 0 aliphatic rings. The van der Waals surface area contributed by atoms with Gasteiger partial charge in [-0.2, -0.15) is 0 Å². The number of hydrogen-bond acceptors (Lipinski definition) is 4. The molecule has 0 spiro atoms. The largest absolute Gasteiger partial charge is 0.480 e. The van der Waals surface area contributed by atoms with E-state index in [-0.39, 0.29) is 0 Å². The second-order valence-electron chi connectivity index (χ2n) is 3.92. The molecule has 19 heavy (non-hydrogen) atoms. The van der Waals surface area contributed by atoms with Gasteiger partial charge in [0.05, 0.1) is 17.2 Å². The van der Waals surface area contributed by atoms with E-state index >= 15 is 0 Å². The molecule has 2 aromatic rings. The lowest BCUT2D eigenvalue weighted by molar-refractivity contribution is -0.136. The van der Waals surface area contributed by atoms with Crippen molar-refractivity contribution in [3.05, 3.63) is 41.4 Å². The number of oxazole rings is 1. The highest BCUT2D eigenvalue weighted by Crippen LogP contribution is 2.25. The number of aromatic nitrogens is 1. The Balaban J connectivity index is 2.05. The Bertz CT molecular complexity index is 585. The minimum atomic E-state index is -0.841. The first kappa shape index (κ1) is 14.0. The lowest BCUT2D eigenvalue weighted by atomic mass is 10.2. The quantitative estimate of drug-likeness (QED) is 0.911. The van der Waals surface area contributed by atoms with E-state index in [1.54, 1.807) is 25.3 Å². The normalized spacial score (nSPS) is 12.3. The van der Waals surface area contributed by atoms with Gasteiger partial charge < -0.3 is 9.52 Å². The molecule has 0 bridgehead atoms. The van der Waals surface area contributed by atoms with Crippen LogP contribution in [0.2, 0.25) is 5.02 Å². The molecule has 0 saturated carbocycles. The Kier molecular flexibility index (Phi) is 4.50. The van der Waals surface area contributed by atoms with Crippen LogP contribution in [-0.4, -0.2) is 21.3 Å². The number of rotatable bonds is 5. The van der Waals surface area contributed by atoms with Gasteiger partial charge in [-0.1, -0.05) is 23.7 Å². The zero-order valence-corrected chi connectivity index (χ0v) is 11.7. The van der Waals surface area contributed by atoms with Gasteiger partial charge in [0.15, 0.2) is 5.76 Å². The molecule has 1 aromatic heterocycles. The van der Waals surface area contributed by atoms with Crippen molar-refractivity contribution in [1.82, 2.24) is 4.98 Å². The number of nitrogens with zero attached hydrogens (tertiary/aromatic N) is 1. The lowest BCUT2D eigenvalue weighted by Crippen LogP contribution is -2.11. The number of aliphatic carboxylic acids is 1. The van der Waals surface area contributed by atoms with Gasteiger partial charge in [0.2, 0.25) is 5.89 Å². The minimum Gasteiger partial charge on any atom is -0.480 e. The maximum Gasteiger partial charge on any atom is 0.316 e. The molecule has 0 aliphatic carbocycles. The summed E-state index contributed by atoms with van der Waals surface area (Å²) in [7, 11) is 0. The number of benzene rings is 1. The summed E-state index contributed by atoms with van der Waals surface area (Å²) in [5, 5.41) is 8.93. The topological polar surface area (TPSA) is 63.3 Å². The van der Waals surface area contributed by atoms with Gasteiger partial charge in [0.1, 0.15) is 0 Å². The molecule has 4 nitrogen and oxygen atoms in total. The Labute approximate surface area is 119 Å². The fraction of sp³-hybridized carbons (Fsp3) is 0.231. The van der Waals surface area contributed by atoms with Crippen LogP contribution in [-0.2, 0) is 10.5 Å². The molecule has 0 aliphatic heterocycles. The molecule has 6 heteroatoms. The molecule has 1 N–H and O–H groups in total. The van der Waals surface area contributed by atoms with Crippen molar-refractivity contribution in [3.63, 3.8) is 0 Å². The zero-order chi connectivity index (χ0) is 13.8. The van der Waals surface area contributed by atoms with Crippen LogP contribution in [0, 0.1) is 0 Å². The standard InChI is InChI=1S/C13H12ClNO3S/c1-8(13(16)17)19-7-12-15-6-11(18-12)9-3-2-4-10(14)5-9/h2-6,8H,7H2,1H3,(H,16,17). The van der Waals surface area contributed by atoms with Crippen molar-refractivity contribution in [3.8, 4) is 11.3 Å². The fourth-order valence-corrected chi connectivity index (χ4v) is 2.28. The van der Waals surface area contributed by atoms with E-state index in [1.165, 1.54) is 11.8 Å². The first-order valence-electron chi connectivity index (χ1n) is 5.61. The van der Waals surface area contributed by atoms with Gasteiger partial charge in [-0.3, -0.25) is 4.79 Å². The van der Waals surface area contributed by atoms with Crippen LogP contribution < -0.4 is 0 Å². The minimum absolute atomic E-state index is 0.425. The number of carboxylic acids is 1. The number of carboxylic acid groups (broad SMARTS) is 1. The average Bonchev–Trinajstić information content (AvgIpc) is 2.84. The van der Waals surface area contributed by atoms with Gasteiger partial charge in [0.25, 0.3) is 0 Å². The predicted octanol–water partition coefficient (Wildman–Crippen LogP) is 3.70. The van der Waals surface area contributed by atoms with E-state index in [1.807, 2.05) is 12.1 Å². The van der Waals surface area contributed by atoms with E-state index in [4.69, 9.17) is 21.1 Å². The molecule has 1 unspecified atom stereocenters. The number of hydrogen-bond donors (Lipinski definition) is 1. The molecule has 100 valence electrons. The zero-order valence-electron chi connectivity index (χ0n) is 10.2. The fourth-order valence-electron chi connectivity index (χ4n) is 1.42. The highest BCUT2D eigenvalue weighted by molar-refractivity contribution is 7.99. The van der Waals surface area contributed by atoms with Crippen molar-refractivity contribution in [2.45, 2.75) is 17.9 Å². The van der Waals surface area contributed by atoms with Crippen LogP contribution >= 0.6 is 23.4 Å². The van der Waals surface area contributed by atoms with Gasteiger partial charge >= 0.3 is 5.97 Å². The highest BCUT2D eigenvalue weighted by atomic mass is 35.5. The predicted molar refractivity (Wildman–Crippen MR) is 75.3 cm³/mol. The van der Waals surface area contributed by atoms with E-state index in [9.17, 15) is 4.79 Å². The van der Waals surface area contributed by atoms with Gasteiger partial charge in [-0.05, 0) is 19.1 Å². The molecule has 0 fully saturated rings. The summed E-state index contributed by atoms with van der Waals surface area (Å²) < 4.78 is 5.57. The van der Waals surface area contributed by atoms with Crippen molar-refractivity contribution in [2.24, 2.45) is 0 Å². The van der Waals surface area contributed by atoms with Crippen molar-refractivity contribution in [2.75, 3.05) is 0 Å². The Morgan fingerprint density at radius 1 is 1.58 bits per heavy atom. The second kappa shape index (κ2) is 6.12. The first-order valence-corrected chi connectivity index (χ1v) is 7.04. The van der Waals surface area contributed by atoms with E-state index in [0.29, 0.717) is 22.4 Å². The summed E-state index contributed by atoms with van der Waals surface area (Å²) in [6.07, 6.45) is 1.62. The SMILES string of the molecule is CC(SCc1ncc(-c2cccc(Cl)c2)o1)C(=O)O. The van der Waals surface area contributed by atoms with Gasteiger partial charge in [-0.25, -0.2) is 4.98 Å². The summed E-state index contributed by atoms with van der Waals surface area (Å²) in [5.41, 5.74) is 0.850. The van der Waals surface area contributed by atoms with E-state index in [2.05, 4.69) is 4.98 Å². The lowest BCUT2D eigenvalue weighted by Gasteiger charge is -2.02. The van der Waals surface area contributed by atoms with Crippen LogP contribution in [0.15, 0.2) is 34.9 Å². The van der Waals surface area contributed by atoms with Crippen LogP contribution in [0.5, 0.6) is 0 Å². The van der Waals surface area contributed by atoms with E-state index < -0.39 is 11.2 Å². The maximum absolute atomic E-state index is 10.7. The van der Waals surface area contributed by atoms with E-state index in [0.717, 1.165) is 5.56 Å². The summed E-state index contributed by atoms with van der Waals surface area (Å²) in [5.74, 6) is 0.717. The Morgan fingerprint density at radius 3 is 3.05 bits per heavy atom. The average molecular weight is 298 g/mol. The molecule has 0 amide bonds. The summed E-state index contributed by atoms with van der Waals surface area (Å²) in [4.78, 5) is 14.8. The third-order valence-corrected chi connectivity index (χ3v) is 3.82. The van der Waals surface area contributed by atoms with Crippen molar-refractivity contribution < 1.29 is 14.3 Å². The van der Waals surface area contributed by atoms with Gasteiger partial charge in [0, 0.05) is 10.6 Å². The Hall–Kier alpha value is -1.46. The van der Waals surface area contributed by atoms with Crippen molar-refractivity contribution in [1.29, 1.82) is 0 Å².